The highest BCUT2D eigenvalue weighted by molar-refractivity contribution is 7.89. The molecule has 0 fully saturated rings. The van der Waals surface area contributed by atoms with Gasteiger partial charge in [0.05, 0.1) is 16.0 Å². The molecule has 12 heteroatoms. The second kappa shape index (κ2) is 15.1. The summed E-state index contributed by atoms with van der Waals surface area (Å²) in [4.78, 5) is 52.0. The number of ketones is 1. The zero-order chi connectivity index (χ0) is 36.2. The number of aromatic carboxylic acids is 1. The SMILES string of the molecule is CCN(C(C)(C)C(=O)O)S(=O)(=O)c1cccc(C(=O)Cc2sc3c(c2C(=O)Nc2ccc(CCc4ccc(C(=O)O)cc4)cc2)CCCC3)c1. The highest BCUT2D eigenvalue weighted by Gasteiger charge is 2.42. The minimum absolute atomic E-state index is 0.0771. The summed E-state index contributed by atoms with van der Waals surface area (Å²) in [7, 11) is -4.25. The third-order valence-corrected chi connectivity index (χ3v) is 12.5. The number of anilines is 1. The van der Waals surface area contributed by atoms with Crippen LogP contribution in [0.25, 0.3) is 0 Å². The summed E-state index contributed by atoms with van der Waals surface area (Å²) < 4.78 is 28.0. The van der Waals surface area contributed by atoms with Crippen molar-refractivity contribution >= 4 is 50.7 Å². The number of fused-ring (bicyclic) bond motifs is 1. The van der Waals surface area contributed by atoms with Gasteiger partial charge < -0.3 is 15.5 Å². The van der Waals surface area contributed by atoms with Gasteiger partial charge in [-0.3, -0.25) is 14.4 Å². The Kier molecular flexibility index (Phi) is 11.0. The number of benzene rings is 3. The monoisotopic (exact) mass is 716 g/mol. The number of aryl methyl sites for hydroxylation is 3. The summed E-state index contributed by atoms with van der Waals surface area (Å²) in [5, 5.41) is 21.8. The molecule has 0 spiro atoms. The van der Waals surface area contributed by atoms with E-state index in [2.05, 4.69) is 5.32 Å². The van der Waals surface area contributed by atoms with Gasteiger partial charge in [-0.25, -0.2) is 13.2 Å². The summed E-state index contributed by atoms with van der Waals surface area (Å²) in [5.41, 5.74) is 2.84. The van der Waals surface area contributed by atoms with E-state index in [-0.39, 0.29) is 40.7 Å². The maximum Gasteiger partial charge on any atom is 0.335 e. The molecule has 1 heterocycles. The maximum absolute atomic E-state index is 13.8. The van der Waals surface area contributed by atoms with Crippen LogP contribution in [0.1, 0.15) is 91.1 Å². The van der Waals surface area contributed by atoms with Crippen LogP contribution in [-0.4, -0.2) is 58.6 Å². The van der Waals surface area contributed by atoms with Crippen molar-refractivity contribution in [3.05, 3.63) is 116 Å². The fourth-order valence-corrected chi connectivity index (χ4v) is 9.43. The van der Waals surface area contributed by atoms with Crippen molar-refractivity contribution in [3.8, 4) is 0 Å². The third kappa shape index (κ3) is 7.88. The van der Waals surface area contributed by atoms with E-state index in [1.54, 1.807) is 19.1 Å². The van der Waals surface area contributed by atoms with Crippen LogP contribution in [0.15, 0.2) is 77.7 Å². The van der Waals surface area contributed by atoms with Crippen LogP contribution >= 0.6 is 11.3 Å². The van der Waals surface area contributed by atoms with Crippen LogP contribution in [-0.2, 0) is 46.9 Å². The maximum atomic E-state index is 13.8. The van der Waals surface area contributed by atoms with Gasteiger partial charge >= 0.3 is 11.9 Å². The van der Waals surface area contributed by atoms with Crippen LogP contribution in [0, 0.1) is 0 Å². The van der Waals surface area contributed by atoms with Crippen LogP contribution in [0.5, 0.6) is 0 Å². The molecule has 0 atom stereocenters. The molecule has 0 bridgehead atoms. The number of nitrogens with zero attached hydrogens (tertiary/aromatic N) is 1. The molecule has 3 aromatic carbocycles. The number of sulfonamides is 1. The number of amides is 1. The van der Waals surface area contributed by atoms with Gasteiger partial charge in [0.25, 0.3) is 5.91 Å². The van der Waals surface area contributed by atoms with E-state index in [1.165, 1.54) is 49.4 Å². The zero-order valence-electron chi connectivity index (χ0n) is 28.2. The standard InChI is InChI=1S/C38H40N2O8S2/c1-4-40(38(2,3)37(45)46)50(47,48)29-9-7-8-27(22-29)31(41)23-33-34(30-10-5-6-11-32(30)49-33)35(42)39-28-20-16-25(17-21-28)13-12-24-14-18-26(19-15-24)36(43)44/h7-9,14-22H,4-6,10-13,23H2,1-3H3,(H,39,42)(H,43,44)(H,45,46). The largest absolute Gasteiger partial charge is 0.480 e. The summed E-state index contributed by atoms with van der Waals surface area (Å²) in [6.45, 7) is 4.12. The molecule has 4 aromatic rings. The Morgan fingerprint density at radius 1 is 0.860 bits per heavy atom. The van der Waals surface area contributed by atoms with Crippen molar-refractivity contribution < 1.29 is 37.8 Å². The molecule has 0 radical (unpaired) electrons. The number of thiophene rings is 1. The highest BCUT2D eigenvalue weighted by atomic mass is 32.2. The first-order chi connectivity index (χ1) is 23.7. The van der Waals surface area contributed by atoms with Gasteiger partial charge in [-0.15, -0.1) is 11.3 Å². The average molecular weight is 717 g/mol. The van der Waals surface area contributed by atoms with Crippen molar-refractivity contribution in [1.29, 1.82) is 0 Å². The number of carbonyl (C=O) groups is 4. The van der Waals surface area contributed by atoms with Crippen LogP contribution < -0.4 is 5.32 Å². The number of likely N-dealkylation sites (N-methyl/N-ethyl adjacent to an activating group) is 1. The van der Waals surface area contributed by atoms with Crippen molar-refractivity contribution in [3.63, 3.8) is 0 Å². The van der Waals surface area contributed by atoms with Gasteiger partial charge in [-0.1, -0.05) is 43.3 Å². The minimum Gasteiger partial charge on any atom is -0.480 e. The molecular formula is C38H40N2O8S2. The Bertz CT molecular complexity index is 2030. The number of aliphatic carboxylic acids is 1. The molecule has 10 nitrogen and oxygen atoms in total. The number of carbonyl (C=O) groups excluding carboxylic acids is 2. The zero-order valence-corrected chi connectivity index (χ0v) is 29.8. The lowest BCUT2D eigenvalue weighted by Crippen LogP contribution is -2.52. The summed E-state index contributed by atoms with van der Waals surface area (Å²) >= 11 is 1.45. The molecule has 262 valence electrons. The summed E-state index contributed by atoms with van der Waals surface area (Å²) in [6.07, 6.45) is 4.86. The first-order valence-electron chi connectivity index (χ1n) is 16.5. The number of carboxylic acids is 2. The predicted molar refractivity (Wildman–Crippen MR) is 192 cm³/mol. The van der Waals surface area contributed by atoms with Gasteiger partial charge in [0.15, 0.2) is 5.78 Å². The Balaban J connectivity index is 1.32. The molecule has 50 heavy (non-hydrogen) atoms. The van der Waals surface area contributed by atoms with Crippen LogP contribution in [0.2, 0.25) is 0 Å². The van der Waals surface area contributed by atoms with Crippen molar-refractivity contribution in [2.75, 3.05) is 11.9 Å². The number of Topliss-reactive ketones (excluding diaryl/α,β-unsaturated/α-hetero) is 1. The van der Waals surface area contributed by atoms with E-state index in [0.717, 1.165) is 64.4 Å². The second-order valence-electron chi connectivity index (χ2n) is 12.8. The molecule has 1 aliphatic carbocycles. The number of hydrogen-bond acceptors (Lipinski definition) is 7. The first-order valence-corrected chi connectivity index (χ1v) is 18.7. The lowest BCUT2D eigenvalue weighted by molar-refractivity contribution is -0.146. The van der Waals surface area contributed by atoms with E-state index in [9.17, 15) is 32.7 Å². The topological polar surface area (TPSA) is 158 Å². The van der Waals surface area contributed by atoms with E-state index in [4.69, 9.17) is 5.11 Å². The molecule has 0 aliphatic heterocycles. The molecule has 0 unspecified atom stereocenters. The number of rotatable bonds is 14. The fourth-order valence-electron chi connectivity index (χ4n) is 6.24. The number of carboxylic acid groups (broad SMARTS) is 2. The van der Waals surface area contributed by atoms with E-state index in [0.29, 0.717) is 16.1 Å². The first kappa shape index (κ1) is 36.6. The smallest absolute Gasteiger partial charge is 0.335 e. The molecule has 0 saturated heterocycles. The van der Waals surface area contributed by atoms with E-state index < -0.39 is 27.5 Å². The lowest BCUT2D eigenvalue weighted by atomic mass is 9.93. The summed E-state index contributed by atoms with van der Waals surface area (Å²) in [6, 6.07) is 20.0. The predicted octanol–water partition coefficient (Wildman–Crippen LogP) is 6.66. The third-order valence-electron chi connectivity index (χ3n) is 9.09. The molecular weight excluding hydrogens is 677 g/mol. The van der Waals surface area contributed by atoms with Gasteiger partial charge in [0.1, 0.15) is 5.54 Å². The quantitative estimate of drug-likeness (QED) is 0.122. The molecule has 0 saturated carbocycles. The lowest BCUT2D eigenvalue weighted by Gasteiger charge is -2.33. The minimum atomic E-state index is -4.25. The highest BCUT2D eigenvalue weighted by Crippen LogP contribution is 2.36. The molecule has 5 rings (SSSR count). The fraction of sp³-hybridized carbons (Fsp3) is 0.316. The molecule has 1 aliphatic rings. The average Bonchev–Trinajstić information content (AvgIpc) is 3.46. The van der Waals surface area contributed by atoms with Gasteiger partial charge in [0, 0.05) is 34.0 Å². The number of nitrogens with one attached hydrogen (secondary N) is 1. The summed E-state index contributed by atoms with van der Waals surface area (Å²) in [5.74, 6) is -2.90. The Labute approximate surface area is 295 Å². The van der Waals surface area contributed by atoms with Gasteiger partial charge in [-0.2, -0.15) is 4.31 Å². The second-order valence-corrected chi connectivity index (χ2v) is 15.9. The Hall–Kier alpha value is -4.65. The Morgan fingerprint density at radius 3 is 2.08 bits per heavy atom. The van der Waals surface area contributed by atoms with Gasteiger partial charge in [-0.05, 0) is 105 Å². The Morgan fingerprint density at radius 2 is 1.48 bits per heavy atom. The van der Waals surface area contributed by atoms with E-state index in [1.807, 2.05) is 36.4 Å². The molecule has 3 N–H and O–H groups in total. The van der Waals surface area contributed by atoms with Crippen molar-refractivity contribution in [2.24, 2.45) is 0 Å². The van der Waals surface area contributed by atoms with E-state index >= 15 is 0 Å². The van der Waals surface area contributed by atoms with Crippen LogP contribution in [0.3, 0.4) is 0 Å². The van der Waals surface area contributed by atoms with Crippen LogP contribution in [0.4, 0.5) is 5.69 Å². The number of hydrogen-bond donors (Lipinski definition) is 3. The molecule has 1 aromatic heterocycles. The van der Waals surface area contributed by atoms with Crippen molar-refractivity contribution in [2.45, 2.75) is 76.2 Å². The van der Waals surface area contributed by atoms with Crippen molar-refractivity contribution in [1.82, 2.24) is 4.31 Å². The normalized spacial score (nSPS) is 13.1. The molecule has 1 amide bonds. The van der Waals surface area contributed by atoms with Gasteiger partial charge in [0.2, 0.25) is 10.0 Å².